The predicted molar refractivity (Wildman–Crippen MR) is 114 cm³/mol. The maximum absolute atomic E-state index is 13.3. The van der Waals surface area contributed by atoms with Crippen LogP contribution in [0.1, 0.15) is 28.4 Å². The van der Waals surface area contributed by atoms with E-state index in [9.17, 15) is 18.0 Å². The molecule has 1 aromatic carbocycles. The molecule has 0 unspecified atom stereocenters. The number of alkyl halides is 3. The fourth-order valence-corrected chi connectivity index (χ4v) is 3.83. The number of carbonyl (C=O) groups excluding carboxylic acids is 1. The zero-order valence-electron chi connectivity index (χ0n) is 17.5. The first-order valence-electron chi connectivity index (χ1n) is 10.3. The Morgan fingerprint density at radius 2 is 2.06 bits per heavy atom. The number of nitrogens with zero attached hydrogens (tertiary/aromatic N) is 4. The van der Waals surface area contributed by atoms with Gasteiger partial charge in [0.05, 0.1) is 30.2 Å². The van der Waals surface area contributed by atoms with E-state index in [0.29, 0.717) is 48.3 Å². The molecule has 0 saturated carbocycles. The second-order valence-electron chi connectivity index (χ2n) is 7.79. The van der Waals surface area contributed by atoms with E-state index in [1.54, 1.807) is 6.20 Å². The molecule has 5 rings (SSSR count). The van der Waals surface area contributed by atoms with Gasteiger partial charge in [-0.25, -0.2) is 9.97 Å². The van der Waals surface area contributed by atoms with Gasteiger partial charge in [-0.3, -0.25) is 4.79 Å². The summed E-state index contributed by atoms with van der Waals surface area (Å²) in [6.07, 6.45) is -1.58. The van der Waals surface area contributed by atoms with E-state index in [0.717, 1.165) is 6.07 Å². The molecule has 33 heavy (non-hydrogen) atoms. The zero-order chi connectivity index (χ0) is 23.2. The number of ether oxygens (including phenoxy) is 1. The number of nitrogens with one attached hydrogen (secondary N) is 2. The lowest BCUT2D eigenvalue weighted by atomic mass is 9.99. The van der Waals surface area contributed by atoms with E-state index in [4.69, 9.17) is 4.74 Å². The summed E-state index contributed by atoms with van der Waals surface area (Å²) in [6.45, 7) is 3.93. The molecular formula is C22H19F3N6O2. The maximum Gasteiger partial charge on any atom is 0.417 e. The fraction of sp³-hybridized carbons (Fsp3) is 0.273. The average Bonchev–Trinajstić information content (AvgIpc) is 3.45. The third-order valence-electron chi connectivity index (χ3n) is 5.43. The molecule has 0 radical (unpaired) electrons. The highest BCUT2D eigenvalue weighted by molar-refractivity contribution is 6.10. The Kier molecular flexibility index (Phi) is 5.12. The van der Waals surface area contributed by atoms with E-state index in [1.165, 1.54) is 30.5 Å². The first-order valence-corrected chi connectivity index (χ1v) is 10.3. The van der Waals surface area contributed by atoms with Crippen molar-refractivity contribution in [3.63, 3.8) is 0 Å². The second kappa shape index (κ2) is 8.00. The number of benzene rings is 1. The molecule has 0 bridgehead atoms. The van der Waals surface area contributed by atoms with Crippen molar-refractivity contribution in [2.45, 2.75) is 19.2 Å². The van der Waals surface area contributed by atoms with Gasteiger partial charge in [0.25, 0.3) is 0 Å². The molecule has 1 fully saturated rings. The molecule has 4 heterocycles. The molecule has 4 aromatic rings. The fourth-order valence-electron chi connectivity index (χ4n) is 3.83. The number of rotatable bonds is 4. The van der Waals surface area contributed by atoms with Gasteiger partial charge in [0.2, 0.25) is 5.95 Å². The Hall–Kier alpha value is -3.73. The second-order valence-corrected chi connectivity index (χ2v) is 7.79. The Bertz CT molecular complexity index is 1330. The lowest BCUT2D eigenvalue weighted by Crippen LogP contribution is -2.41. The third-order valence-corrected chi connectivity index (χ3v) is 5.43. The number of aromatic amines is 2. The quantitative estimate of drug-likeness (QED) is 0.453. The molecule has 3 aromatic heterocycles. The molecule has 2 N–H and O–H groups in total. The smallest absolute Gasteiger partial charge is 0.375 e. The van der Waals surface area contributed by atoms with Crippen molar-refractivity contribution in [3.05, 3.63) is 59.4 Å². The van der Waals surface area contributed by atoms with Crippen LogP contribution in [-0.2, 0) is 10.9 Å². The number of H-pyrrole nitrogens is 2. The Morgan fingerprint density at radius 1 is 1.24 bits per heavy atom. The first-order chi connectivity index (χ1) is 15.8. The number of hydrogen-bond acceptors (Lipinski definition) is 6. The van der Waals surface area contributed by atoms with Crippen molar-refractivity contribution in [1.82, 2.24) is 24.9 Å². The van der Waals surface area contributed by atoms with Crippen molar-refractivity contribution in [1.29, 1.82) is 0 Å². The summed E-state index contributed by atoms with van der Waals surface area (Å²) in [5.41, 5.74) is 0.203. The van der Waals surface area contributed by atoms with Crippen molar-refractivity contribution in [3.8, 4) is 11.5 Å². The summed E-state index contributed by atoms with van der Waals surface area (Å²) < 4.78 is 45.5. The molecule has 1 atom stereocenters. The molecule has 170 valence electrons. The summed E-state index contributed by atoms with van der Waals surface area (Å²) in [5, 5.41) is 0. The SMILES string of the molecule is C[C@@H]1CN(c2ncc3nc(-c4cc(C(=O)c5ccccc5C(F)(F)F)c[nH]4)[nH]c3n2)CCO1. The minimum absolute atomic E-state index is 0.0766. The normalized spacial score (nSPS) is 17.0. The largest absolute Gasteiger partial charge is 0.417 e. The molecule has 8 nitrogen and oxygen atoms in total. The summed E-state index contributed by atoms with van der Waals surface area (Å²) in [6, 6.07) is 6.18. The van der Waals surface area contributed by atoms with Crippen LogP contribution in [-0.4, -0.2) is 56.5 Å². The summed E-state index contributed by atoms with van der Waals surface area (Å²) in [5.74, 6) is 0.221. The van der Waals surface area contributed by atoms with Gasteiger partial charge < -0.3 is 19.6 Å². The van der Waals surface area contributed by atoms with Crippen LogP contribution in [0.4, 0.5) is 19.1 Å². The van der Waals surface area contributed by atoms with Crippen LogP contribution < -0.4 is 4.90 Å². The maximum atomic E-state index is 13.3. The molecule has 0 aliphatic carbocycles. The van der Waals surface area contributed by atoms with Crippen molar-refractivity contribution >= 4 is 22.9 Å². The van der Waals surface area contributed by atoms with Crippen LogP contribution in [0.2, 0.25) is 0 Å². The van der Waals surface area contributed by atoms with Gasteiger partial charge in [-0.2, -0.15) is 18.2 Å². The molecule has 1 saturated heterocycles. The highest BCUT2D eigenvalue weighted by Gasteiger charge is 2.35. The highest BCUT2D eigenvalue weighted by Crippen LogP contribution is 2.33. The van der Waals surface area contributed by atoms with Crippen LogP contribution in [0, 0.1) is 0 Å². The van der Waals surface area contributed by atoms with Gasteiger partial charge in [-0.05, 0) is 19.1 Å². The van der Waals surface area contributed by atoms with E-state index >= 15 is 0 Å². The van der Waals surface area contributed by atoms with E-state index in [1.807, 2.05) is 11.8 Å². The number of hydrogen-bond donors (Lipinski definition) is 2. The van der Waals surface area contributed by atoms with Crippen LogP contribution in [0.25, 0.3) is 22.7 Å². The number of carbonyl (C=O) groups is 1. The van der Waals surface area contributed by atoms with Crippen molar-refractivity contribution in [2.75, 3.05) is 24.6 Å². The Balaban J connectivity index is 1.43. The van der Waals surface area contributed by atoms with Crippen LogP contribution in [0.3, 0.4) is 0 Å². The van der Waals surface area contributed by atoms with Gasteiger partial charge in [0, 0.05) is 30.4 Å². The lowest BCUT2D eigenvalue weighted by molar-refractivity contribution is -0.137. The lowest BCUT2D eigenvalue weighted by Gasteiger charge is -2.30. The molecular weight excluding hydrogens is 437 g/mol. The number of anilines is 1. The van der Waals surface area contributed by atoms with Gasteiger partial charge in [-0.15, -0.1) is 0 Å². The number of imidazole rings is 1. The standard InChI is InChI=1S/C22H19F3N6O2/c1-12-11-31(6-7-33-12)21-27-10-17-20(30-21)29-19(28-17)16-8-13(9-26-16)18(32)14-4-2-3-5-15(14)22(23,24)25/h2-5,8-10,12,26H,6-7,11H2,1H3,(H,27,28,29,30)/t12-/m1/s1. The van der Waals surface area contributed by atoms with Gasteiger partial charge >= 0.3 is 6.18 Å². The molecule has 0 amide bonds. The Morgan fingerprint density at radius 3 is 2.85 bits per heavy atom. The van der Waals surface area contributed by atoms with E-state index in [-0.39, 0.29) is 11.7 Å². The topological polar surface area (TPSA) is 99.8 Å². The zero-order valence-corrected chi connectivity index (χ0v) is 17.5. The number of ketones is 1. The minimum atomic E-state index is -4.63. The number of morpholine rings is 1. The van der Waals surface area contributed by atoms with E-state index in [2.05, 4.69) is 24.9 Å². The van der Waals surface area contributed by atoms with Crippen LogP contribution in [0.5, 0.6) is 0 Å². The summed E-state index contributed by atoms with van der Waals surface area (Å²) >= 11 is 0. The van der Waals surface area contributed by atoms with Crippen LogP contribution >= 0.6 is 0 Å². The average molecular weight is 456 g/mol. The van der Waals surface area contributed by atoms with Gasteiger partial charge in [0.1, 0.15) is 5.52 Å². The van der Waals surface area contributed by atoms with Crippen molar-refractivity contribution in [2.24, 2.45) is 0 Å². The molecule has 1 aliphatic rings. The molecule has 0 spiro atoms. The Labute approximate surface area is 185 Å². The third kappa shape index (κ3) is 4.07. The highest BCUT2D eigenvalue weighted by atomic mass is 19.4. The van der Waals surface area contributed by atoms with E-state index < -0.39 is 23.1 Å². The molecule has 1 aliphatic heterocycles. The monoisotopic (exact) mass is 456 g/mol. The molecule has 11 heteroatoms. The number of halogens is 3. The first kappa shape index (κ1) is 21.1. The number of aromatic nitrogens is 5. The van der Waals surface area contributed by atoms with Crippen molar-refractivity contribution < 1.29 is 22.7 Å². The predicted octanol–water partition coefficient (Wildman–Crippen LogP) is 3.82. The van der Waals surface area contributed by atoms with Gasteiger partial charge in [-0.1, -0.05) is 18.2 Å². The van der Waals surface area contributed by atoms with Crippen LogP contribution in [0.15, 0.2) is 42.7 Å². The van der Waals surface area contributed by atoms with Gasteiger partial charge in [0.15, 0.2) is 17.3 Å². The number of fused-ring (bicyclic) bond motifs is 1. The minimum Gasteiger partial charge on any atom is -0.375 e. The summed E-state index contributed by atoms with van der Waals surface area (Å²) in [4.78, 5) is 34.2. The summed E-state index contributed by atoms with van der Waals surface area (Å²) in [7, 11) is 0.